The highest BCUT2D eigenvalue weighted by Gasteiger charge is 2.29. The van der Waals surface area contributed by atoms with Crippen LogP contribution in [0.3, 0.4) is 0 Å². The van der Waals surface area contributed by atoms with Gasteiger partial charge in [0.1, 0.15) is 0 Å². The number of alkyl halides is 3. The fraction of sp³-hybridized carbons (Fsp3) is 1.00. The summed E-state index contributed by atoms with van der Waals surface area (Å²) in [6.45, 7) is 4.97. The van der Waals surface area contributed by atoms with Gasteiger partial charge in [0.05, 0.1) is 6.42 Å². The molecule has 14 heavy (non-hydrogen) atoms. The normalized spacial score (nSPS) is 16.7. The van der Waals surface area contributed by atoms with Gasteiger partial charge >= 0.3 is 6.18 Å². The molecule has 0 spiro atoms. The van der Waals surface area contributed by atoms with Gasteiger partial charge in [-0.25, -0.2) is 0 Å². The van der Waals surface area contributed by atoms with E-state index in [1.54, 1.807) is 6.92 Å². The third kappa shape index (κ3) is 8.31. The van der Waals surface area contributed by atoms with Gasteiger partial charge in [0.15, 0.2) is 0 Å². The summed E-state index contributed by atoms with van der Waals surface area (Å²) in [6.07, 6.45) is -4.84. The lowest BCUT2D eigenvalue weighted by atomic mass is 10.1. The van der Waals surface area contributed by atoms with Crippen molar-refractivity contribution < 1.29 is 13.2 Å². The summed E-state index contributed by atoms with van der Waals surface area (Å²) in [5.41, 5.74) is 0. The van der Waals surface area contributed by atoms with E-state index >= 15 is 0 Å². The van der Waals surface area contributed by atoms with Crippen molar-refractivity contribution in [2.45, 2.75) is 32.5 Å². The first kappa shape index (κ1) is 13.7. The van der Waals surface area contributed by atoms with Crippen molar-refractivity contribution >= 4 is 0 Å². The van der Waals surface area contributed by atoms with Gasteiger partial charge in [-0.1, -0.05) is 6.92 Å². The van der Waals surface area contributed by atoms with E-state index in [1.807, 2.05) is 14.0 Å². The van der Waals surface area contributed by atoms with Crippen molar-refractivity contribution in [3.63, 3.8) is 0 Å². The Morgan fingerprint density at radius 3 is 2.14 bits per heavy atom. The Kier molecular flexibility index (Phi) is 6.11. The molecule has 0 rings (SSSR count). The molecular formula is C9H19F3N2. The Morgan fingerprint density at radius 2 is 1.71 bits per heavy atom. The molecular weight excluding hydrogens is 193 g/mol. The van der Waals surface area contributed by atoms with E-state index in [-0.39, 0.29) is 0 Å². The van der Waals surface area contributed by atoms with Crippen LogP contribution in [0.1, 0.15) is 20.3 Å². The molecule has 0 saturated carbocycles. The summed E-state index contributed by atoms with van der Waals surface area (Å²) in [7, 11) is 1.83. The van der Waals surface area contributed by atoms with Crippen molar-refractivity contribution in [3.05, 3.63) is 0 Å². The highest BCUT2D eigenvalue weighted by Crippen LogP contribution is 2.21. The van der Waals surface area contributed by atoms with Crippen molar-refractivity contribution in [3.8, 4) is 0 Å². The zero-order chi connectivity index (χ0) is 11.2. The number of rotatable bonds is 6. The first-order valence-corrected chi connectivity index (χ1v) is 4.80. The van der Waals surface area contributed by atoms with Gasteiger partial charge < -0.3 is 10.6 Å². The molecule has 2 unspecified atom stereocenters. The summed E-state index contributed by atoms with van der Waals surface area (Å²) >= 11 is 0. The van der Waals surface area contributed by atoms with Crippen LogP contribution >= 0.6 is 0 Å². The zero-order valence-electron chi connectivity index (χ0n) is 8.91. The zero-order valence-corrected chi connectivity index (χ0v) is 8.91. The molecule has 0 bridgehead atoms. The molecule has 5 heteroatoms. The molecule has 0 radical (unpaired) electrons. The quantitative estimate of drug-likeness (QED) is 0.701. The third-order valence-electron chi connectivity index (χ3n) is 1.91. The predicted molar refractivity (Wildman–Crippen MR) is 51.2 cm³/mol. The van der Waals surface area contributed by atoms with Crippen LogP contribution in [0.4, 0.5) is 13.2 Å². The molecule has 0 aromatic carbocycles. The highest BCUT2D eigenvalue weighted by atomic mass is 19.4. The first-order valence-electron chi connectivity index (χ1n) is 4.80. The Balaban J connectivity index is 3.58. The molecule has 86 valence electrons. The number of halogens is 3. The van der Waals surface area contributed by atoms with E-state index in [4.69, 9.17) is 0 Å². The molecule has 0 saturated heterocycles. The minimum Gasteiger partial charge on any atom is -0.319 e. The summed E-state index contributed by atoms with van der Waals surface area (Å²) in [6, 6.07) is -0.505. The molecule has 2 atom stereocenters. The van der Waals surface area contributed by atoms with E-state index in [0.717, 1.165) is 6.54 Å². The molecule has 0 aromatic heterocycles. The lowest BCUT2D eigenvalue weighted by Crippen LogP contribution is -2.36. The van der Waals surface area contributed by atoms with Crippen LogP contribution in [0, 0.1) is 5.92 Å². The second-order valence-corrected chi connectivity index (χ2v) is 3.79. The summed E-state index contributed by atoms with van der Waals surface area (Å²) < 4.78 is 35.8. The van der Waals surface area contributed by atoms with E-state index in [1.165, 1.54) is 0 Å². The standard InChI is InChI=1S/C9H19F3N2/c1-7(5-13-3)6-14-8(2)4-9(10,11)12/h7-8,13-14H,4-6H2,1-3H3. The smallest absolute Gasteiger partial charge is 0.319 e. The largest absolute Gasteiger partial charge is 0.390 e. The van der Waals surface area contributed by atoms with Crippen molar-refractivity contribution in [2.24, 2.45) is 5.92 Å². The van der Waals surface area contributed by atoms with Crippen LogP contribution in [0.5, 0.6) is 0 Å². The minimum absolute atomic E-state index is 0.343. The monoisotopic (exact) mass is 212 g/mol. The molecule has 0 fully saturated rings. The van der Waals surface area contributed by atoms with Gasteiger partial charge in [0, 0.05) is 6.04 Å². The maximum Gasteiger partial charge on any atom is 0.390 e. The predicted octanol–water partition coefficient (Wildman–Crippen LogP) is 1.77. The highest BCUT2D eigenvalue weighted by molar-refractivity contribution is 4.68. The molecule has 2 N–H and O–H groups in total. The minimum atomic E-state index is -4.07. The van der Waals surface area contributed by atoms with E-state index in [2.05, 4.69) is 10.6 Å². The second-order valence-electron chi connectivity index (χ2n) is 3.79. The van der Waals surface area contributed by atoms with E-state index in [0.29, 0.717) is 12.5 Å². The average Bonchev–Trinajstić information content (AvgIpc) is 1.98. The van der Waals surface area contributed by atoms with Gasteiger partial charge in [-0.05, 0) is 33.0 Å². The Hall–Kier alpha value is -0.290. The van der Waals surface area contributed by atoms with Gasteiger partial charge in [-0.15, -0.1) is 0 Å². The topological polar surface area (TPSA) is 24.1 Å². The van der Waals surface area contributed by atoms with Crippen LogP contribution in [-0.4, -0.2) is 32.4 Å². The van der Waals surface area contributed by atoms with Crippen LogP contribution in [0.25, 0.3) is 0 Å². The number of hydrogen-bond acceptors (Lipinski definition) is 2. The first-order chi connectivity index (χ1) is 6.35. The van der Waals surface area contributed by atoms with Crippen molar-refractivity contribution in [2.75, 3.05) is 20.1 Å². The van der Waals surface area contributed by atoms with Gasteiger partial charge in [-0.2, -0.15) is 13.2 Å². The fourth-order valence-electron chi connectivity index (χ4n) is 1.24. The molecule has 2 nitrogen and oxygen atoms in total. The van der Waals surface area contributed by atoms with E-state index < -0.39 is 18.6 Å². The second kappa shape index (κ2) is 6.24. The van der Waals surface area contributed by atoms with Crippen LogP contribution in [-0.2, 0) is 0 Å². The number of nitrogens with one attached hydrogen (secondary N) is 2. The summed E-state index contributed by atoms with van der Waals surface area (Å²) in [4.78, 5) is 0. The average molecular weight is 212 g/mol. The maximum atomic E-state index is 11.9. The van der Waals surface area contributed by atoms with Crippen LogP contribution in [0.15, 0.2) is 0 Å². The lowest BCUT2D eigenvalue weighted by molar-refractivity contribution is -0.139. The van der Waals surface area contributed by atoms with Gasteiger partial charge in [-0.3, -0.25) is 0 Å². The SMILES string of the molecule is CNCC(C)CNC(C)CC(F)(F)F. The molecule has 0 aliphatic carbocycles. The molecule has 0 aromatic rings. The van der Waals surface area contributed by atoms with Gasteiger partial charge in [0.2, 0.25) is 0 Å². The summed E-state index contributed by atoms with van der Waals surface area (Å²) in [5, 5.41) is 5.84. The van der Waals surface area contributed by atoms with Gasteiger partial charge in [0.25, 0.3) is 0 Å². The molecule has 0 heterocycles. The molecule has 0 aliphatic rings. The summed E-state index contributed by atoms with van der Waals surface area (Å²) in [5.74, 6) is 0.343. The Morgan fingerprint density at radius 1 is 1.14 bits per heavy atom. The maximum absolute atomic E-state index is 11.9. The lowest BCUT2D eigenvalue weighted by Gasteiger charge is -2.18. The van der Waals surface area contributed by atoms with Crippen molar-refractivity contribution in [1.82, 2.24) is 10.6 Å². The van der Waals surface area contributed by atoms with Crippen molar-refractivity contribution in [1.29, 1.82) is 0 Å². The van der Waals surface area contributed by atoms with Crippen LogP contribution < -0.4 is 10.6 Å². The van der Waals surface area contributed by atoms with Crippen LogP contribution in [0.2, 0.25) is 0 Å². The fourth-order valence-corrected chi connectivity index (χ4v) is 1.24. The number of hydrogen-bond donors (Lipinski definition) is 2. The third-order valence-corrected chi connectivity index (χ3v) is 1.91. The van der Waals surface area contributed by atoms with E-state index in [9.17, 15) is 13.2 Å². The molecule has 0 aliphatic heterocycles. The molecule has 0 amide bonds. The Labute approximate surface area is 83.3 Å². The Bertz CT molecular complexity index is 147.